The number of amides is 1. The van der Waals surface area contributed by atoms with Crippen molar-refractivity contribution >= 4 is 39.2 Å². The van der Waals surface area contributed by atoms with Crippen molar-refractivity contribution in [3.63, 3.8) is 0 Å². The highest BCUT2D eigenvalue weighted by Crippen LogP contribution is 2.23. The fourth-order valence-electron chi connectivity index (χ4n) is 3.11. The molecule has 0 radical (unpaired) electrons. The molecule has 0 aliphatic carbocycles. The van der Waals surface area contributed by atoms with Crippen molar-refractivity contribution in [3.05, 3.63) is 52.8 Å². The average molecular weight is 452 g/mol. The number of rotatable bonds is 6. The van der Waals surface area contributed by atoms with E-state index in [1.54, 1.807) is 25.1 Å². The summed E-state index contributed by atoms with van der Waals surface area (Å²) in [5.41, 5.74) is 0.944. The summed E-state index contributed by atoms with van der Waals surface area (Å²) in [7, 11) is -3.69. The molecule has 1 aromatic carbocycles. The molecule has 1 aromatic heterocycles. The van der Waals surface area contributed by atoms with E-state index in [1.807, 2.05) is 0 Å². The van der Waals surface area contributed by atoms with Crippen LogP contribution in [-0.4, -0.2) is 49.3 Å². The lowest BCUT2D eigenvalue weighted by Crippen LogP contribution is -2.35. The van der Waals surface area contributed by atoms with Gasteiger partial charge < -0.3 is 10.1 Å². The number of nitrogens with zero attached hydrogens (tertiary/aromatic N) is 2. The number of hydrogen-bond donors (Lipinski definition) is 1. The van der Waals surface area contributed by atoms with Crippen molar-refractivity contribution in [2.45, 2.75) is 31.1 Å². The van der Waals surface area contributed by atoms with Gasteiger partial charge in [-0.15, -0.1) is 0 Å². The highest BCUT2D eigenvalue weighted by atomic mass is 35.5. The number of halogens is 1. The van der Waals surface area contributed by atoms with Crippen LogP contribution in [0.5, 0.6) is 0 Å². The fourth-order valence-corrected chi connectivity index (χ4v) is 4.82. The number of hydrogen-bond acceptors (Lipinski definition) is 6. The van der Waals surface area contributed by atoms with Crippen LogP contribution in [0, 0.1) is 6.92 Å². The molecule has 1 aliphatic rings. The first-order valence-corrected chi connectivity index (χ1v) is 11.3. The van der Waals surface area contributed by atoms with Gasteiger partial charge in [0.1, 0.15) is 0 Å². The summed E-state index contributed by atoms with van der Waals surface area (Å²) in [5.74, 6) is -1.37. The van der Waals surface area contributed by atoms with Gasteiger partial charge >= 0.3 is 5.97 Å². The highest BCUT2D eigenvalue weighted by Gasteiger charge is 2.27. The van der Waals surface area contributed by atoms with Gasteiger partial charge in [-0.3, -0.25) is 4.79 Å². The molecule has 8 nitrogen and oxygen atoms in total. The van der Waals surface area contributed by atoms with E-state index >= 15 is 0 Å². The molecule has 0 unspecified atom stereocenters. The SMILES string of the molecule is Cc1ccc(S(=O)(=O)N2CCCCC2)cc1C(=O)OCC(=O)Nc1cccnc1Cl. The second kappa shape index (κ2) is 9.55. The van der Waals surface area contributed by atoms with Crippen LogP contribution < -0.4 is 5.32 Å². The Balaban J connectivity index is 1.69. The Morgan fingerprint density at radius 2 is 1.93 bits per heavy atom. The van der Waals surface area contributed by atoms with Gasteiger partial charge in [-0.2, -0.15) is 4.31 Å². The molecule has 0 atom stereocenters. The maximum atomic E-state index is 12.9. The molecule has 2 heterocycles. The smallest absolute Gasteiger partial charge is 0.338 e. The lowest BCUT2D eigenvalue weighted by Gasteiger charge is -2.26. The third-order valence-corrected chi connectivity index (χ3v) is 6.95. The first-order valence-electron chi connectivity index (χ1n) is 9.47. The van der Waals surface area contributed by atoms with E-state index in [2.05, 4.69) is 10.3 Å². The van der Waals surface area contributed by atoms with E-state index in [9.17, 15) is 18.0 Å². The van der Waals surface area contributed by atoms with Crippen molar-refractivity contribution in [2.75, 3.05) is 25.0 Å². The third-order valence-electron chi connectivity index (χ3n) is 4.75. The average Bonchev–Trinajstić information content (AvgIpc) is 2.74. The Morgan fingerprint density at radius 3 is 2.63 bits per heavy atom. The van der Waals surface area contributed by atoms with E-state index in [-0.39, 0.29) is 15.6 Å². The Bertz CT molecular complexity index is 1050. The number of piperidine rings is 1. The molecule has 1 aliphatic heterocycles. The predicted molar refractivity (Wildman–Crippen MR) is 112 cm³/mol. The molecular formula is C20H22ClN3O5S. The molecule has 30 heavy (non-hydrogen) atoms. The van der Waals surface area contributed by atoms with Gasteiger partial charge in [0.25, 0.3) is 5.91 Å². The van der Waals surface area contributed by atoms with Crippen LogP contribution in [-0.2, 0) is 19.6 Å². The highest BCUT2D eigenvalue weighted by molar-refractivity contribution is 7.89. The van der Waals surface area contributed by atoms with E-state index in [4.69, 9.17) is 16.3 Å². The van der Waals surface area contributed by atoms with Crippen LogP contribution in [0.2, 0.25) is 5.15 Å². The Kier molecular flexibility index (Phi) is 7.06. The number of ether oxygens (including phenoxy) is 1. The van der Waals surface area contributed by atoms with Crippen molar-refractivity contribution in [1.82, 2.24) is 9.29 Å². The molecule has 2 aromatic rings. The van der Waals surface area contributed by atoms with Crippen molar-refractivity contribution in [1.29, 1.82) is 0 Å². The van der Waals surface area contributed by atoms with Gasteiger partial charge in [-0.25, -0.2) is 18.2 Å². The lowest BCUT2D eigenvalue weighted by molar-refractivity contribution is -0.119. The number of carbonyl (C=O) groups excluding carboxylic acids is 2. The minimum absolute atomic E-state index is 0.0357. The number of esters is 1. The van der Waals surface area contributed by atoms with Crippen LogP contribution in [0.25, 0.3) is 0 Å². The largest absolute Gasteiger partial charge is 0.452 e. The van der Waals surface area contributed by atoms with Crippen LogP contribution in [0.4, 0.5) is 5.69 Å². The number of aromatic nitrogens is 1. The summed E-state index contributed by atoms with van der Waals surface area (Å²) in [5, 5.41) is 2.61. The second-order valence-electron chi connectivity index (χ2n) is 6.91. The summed E-state index contributed by atoms with van der Waals surface area (Å²) in [4.78, 5) is 28.4. The molecular weight excluding hydrogens is 430 g/mol. The number of benzene rings is 1. The quantitative estimate of drug-likeness (QED) is 0.534. The number of sulfonamides is 1. The minimum Gasteiger partial charge on any atom is -0.452 e. The zero-order valence-corrected chi connectivity index (χ0v) is 18.0. The zero-order chi connectivity index (χ0) is 21.7. The van der Waals surface area contributed by atoms with E-state index in [0.29, 0.717) is 24.3 Å². The summed E-state index contributed by atoms with van der Waals surface area (Å²) in [6, 6.07) is 7.51. The van der Waals surface area contributed by atoms with Gasteiger partial charge in [0, 0.05) is 19.3 Å². The lowest BCUT2D eigenvalue weighted by atomic mass is 10.1. The molecule has 1 amide bonds. The number of aryl methyl sites for hydroxylation is 1. The zero-order valence-electron chi connectivity index (χ0n) is 16.4. The normalized spacial score (nSPS) is 14.9. The van der Waals surface area contributed by atoms with Crippen LogP contribution in [0.15, 0.2) is 41.4 Å². The maximum Gasteiger partial charge on any atom is 0.338 e. The fraction of sp³-hybridized carbons (Fsp3) is 0.350. The molecule has 160 valence electrons. The Labute approximate surface area is 180 Å². The molecule has 10 heteroatoms. The van der Waals surface area contributed by atoms with E-state index < -0.39 is 28.5 Å². The first-order chi connectivity index (χ1) is 14.3. The molecule has 0 bridgehead atoms. The van der Waals surface area contributed by atoms with Gasteiger partial charge in [0.15, 0.2) is 11.8 Å². The molecule has 1 N–H and O–H groups in total. The number of carbonyl (C=O) groups is 2. The van der Waals surface area contributed by atoms with Crippen LogP contribution >= 0.6 is 11.6 Å². The summed E-state index contributed by atoms with van der Waals surface area (Å²) in [6.07, 6.45) is 4.11. The maximum absolute atomic E-state index is 12.9. The van der Waals surface area contributed by atoms with Gasteiger partial charge in [0.05, 0.1) is 16.1 Å². The van der Waals surface area contributed by atoms with Gasteiger partial charge in [0.2, 0.25) is 10.0 Å². The van der Waals surface area contributed by atoms with E-state index in [1.165, 1.54) is 22.6 Å². The number of pyridine rings is 1. The standard InChI is InChI=1S/C20H22ClN3O5S/c1-14-7-8-15(30(27,28)24-10-3-2-4-11-24)12-16(14)20(26)29-13-18(25)23-17-6-5-9-22-19(17)21/h5-9,12H,2-4,10-11,13H2,1H3,(H,23,25). The number of nitrogens with one attached hydrogen (secondary N) is 1. The van der Waals surface area contributed by atoms with Crippen molar-refractivity contribution in [3.8, 4) is 0 Å². The topological polar surface area (TPSA) is 106 Å². The van der Waals surface area contributed by atoms with Crippen LogP contribution in [0.3, 0.4) is 0 Å². The summed E-state index contributed by atoms with van der Waals surface area (Å²) in [6.45, 7) is 2.05. The number of anilines is 1. The van der Waals surface area contributed by atoms with Gasteiger partial charge in [-0.05, 0) is 49.6 Å². The van der Waals surface area contributed by atoms with Crippen LogP contribution in [0.1, 0.15) is 35.2 Å². The van der Waals surface area contributed by atoms with Crippen molar-refractivity contribution < 1.29 is 22.7 Å². The molecule has 1 fully saturated rings. The summed E-state index contributed by atoms with van der Waals surface area (Å²) < 4.78 is 32.2. The van der Waals surface area contributed by atoms with Crippen molar-refractivity contribution in [2.24, 2.45) is 0 Å². The first kappa shape index (κ1) is 22.2. The van der Waals surface area contributed by atoms with Gasteiger partial charge in [-0.1, -0.05) is 24.1 Å². The minimum atomic E-state index is -3.69. The third kappa shape index (κ3) is 5.16. The van der Waals surface area contributed by atoms with E-state index in [0.717, 1.165) is 19.3 Å². The molecule has 0 spiro atoms. The Hall–Kier alpha value is -2.49. The monoisotopic (exact) mass is 451 g/mol. The summed E-state index contributed by atoms with van der Waals surface area (Å²) >= 11 is 5.88. The molecule has 1 saturated heterocycles. The predicted octanol–water partition coefficient (Wildman–Crippen LogP) is 3.01. The molecule has 3 rings (SSSR count). The molecule has 0 saturated carbocycles. The second-order valence-corrected chi connectivity index (χ2v) is 9.20. The Morgan fingerprint density at radius 1 is 1.20 bits per heavy atom.